The highest BCUT2D eigenvalue weighted by atomic mass is 19.1. The molecule has 1 aromatic heterocycles. The molecule has 0 spiro atoms. The summed E-state index contributed by atoms with van der Waals surface area (Å²) in [5.41, 5.74) is 0. The predicted molar refractivity (Wildman–Crippen MR) is 61.9 cm³/mol. The third kappa shape index (κ3) is 2.81. The number of aromatic nitrogens is 1. The summed E-state index contributed by atoms with van der Waals surface area (Å²) >= 11 is 0. The number of hydrogen-bond acceptors (Lipinski definition) is 3. The van der Waals surface area contributed by atoms with Gasteiger partial charge in [0.15, 0.2) is 23.3 Å². The van der Waals surface area contributed by atoms with Crippen LogP contribution in [0.1, 0.15) is 20.3 Å². The fraction of sp³-hybridized carbons (Fsp3) is 0.545. The molecule has 0 bridgehead atoms. The van der Waals surface area contributed by atoms with Crippen molar-refractivity contribution in [2.75, 3.05) is 30.4 Å². The standard InChI is InChI=1S/C11H17F2N3/c1-4-6-16(3)11-9(13)7-8(12)10(15-11)14-5-2/h7H,4-6H2,1-3H3,(H,14,15). The molecular weight excluding hydrogens is 212 g/mol. The van der Waals surface area contributed by atoms with Gasteiger partial charge in [0.05, 0.1) is 0 Å². The smallest absolute Gasteiger partial charge is 0.168 e. The molecule has 0 aliphatic carbocycles. The van der Waals surface area contributed by atoms with Crippen molar-refractivity contribution in [3.63, 3.8) is 0 Å². The average molecular weight is 229 g/mol. The molecule has 1 rings (SSSR count). The van der Waals surface area contributed by atoms with Crippen molar-refractivity contribution in [2.45, 2.75) is 20.3 Å². The van der Waals surface area contributed by atoms with Crippen LogP contribution in [0.4, 0.5) is 20.4 Å². The molecule has 0 saturated carbocycles. The lowest BCUT2D eigenvalue weighted by atomic mass is 10.3. The van der Waals surface area contributed by atoms with Crippen LogP contribution in [0.3, 0.4) is 0 Å². The van der Waals surface area contributed by atoms with Crippen molar-refractivity contribution in [2.24, 2.45) is 0 Å². The van der Waals surface area contributed by atoms with Gasteiger partial charge in [0.1, 0.15) is 0 Å². The zero-order chi connectivity index (χ0) is 12.1. The van der Waals surface area contributed by atoms with Gasteiger partial charge >= 0.3 is 0 Å². The highest BCUT2D eigenvalue weighted by Crippen LogP contribution is 2.21. The molecular formula is C11H17F2N3. The minimum Gasteiger partial charge on any atom is -0.368 e. The molecule has 0 amide bonds. The first-order valence-electron chi connectivity index (χ1n) is 5.41. The van der Waals surface area contributed by atoms with E-state index in [2.05, 4.69) is 10.3 Å². The fourth-order valence-electron chi connectivity index (χ4n) is 1.46. The van der Waals surface area contributed by atoms with Gasteiger partial charge in [-0.1, -0.05) is 6.92 Å². The Balaban J connectivity index is 3.03. The molecule has 0 atom stereocenters. The molecule has 5 heteroatoms. The van der Waals surface area contributed by atoms with Crippen LogP contribution in [0.25, 0.3) is 0 Å². The van der Waals surface area contributed by atoms with Crippen molar-refractivity contribution in [3.8, 4) is 0 Å². The van der Waals surface area contributed by atoms with E-state index >= 15 is 0 Å². The maximum Gasteiger partial charge on any atom is 0.168 e. The first-order chi connectivity index (χ1) is 7.60. The van der Waals surface area contributed by atoms with Crippen LogP contribution in [0, 0.1) is 11.6 Å². The van der Waals surface area contributed by atoms with Gasteiger partial charge in [0.2, 0.25) is 0 Å². The summed E-state index contributed by atoms with van der Waals surface area (Å²) in [6, 6.07) is 0.868. The van der Waals surface area contributed by atoms with Crippen molar-refractivity contribution in [1.29, 1.82) is 0 Å². The molecule has 0 aromatic carbocycles. The van der Waals surface area contributed by atoms with Gasteiger partial charge in [-0.3, -0.25) is 0 Å². The number of halogens is 2. The fourth-order valence-corrected chi connectivity index (χ4v) is 1.46. The molecule has 1 aromatic rings. The van der Waals surface area contributed by atoms with Gasteiger partial charge in [0, 0.05) is 26.2 Å². The molecule has 0 aliphatic rings. The second-order valence-corrected chi connectivity index (χ2v) is 3.58. The number of anilines is 2. The van der Waals surface area contributed by atoms with Crippen LogP contribution in [0.2, 0.25) is 0 Å². The molecule has 0 saturated heterocycles. The maximum atomic E-state index is 13.5. The average Bonchev–Trinajstić information content (AvgIpc) is 2.22. The van der Waals surface area contributed by atoms with Gasteiger partial charge in [-0.15, -0.1) is 0 Å². The molecule has 1 N–H and O–H groups in total. The largest absolute Gasteiger partial charge is 0.368 e. The molecule has 16 heavy (non-hydrogen) atoms. The highest BCUT2D eigenvalue weighted by molar-refractivity contribution is 5.48. The number of nitrogens with one attached hydrogen (secondary N) is 1. The lowest BCUT2D eigenvalue weighted by molar-refractivity contribution is 0.572. The molecule has 0 fully saturated rings. The highest BCUT2D eigenvalue weighted by Gasteiger charge is 2.14. The van der Waals surface area contributed by atoms with Crippen LogP contribution >= 0.6 is 0 Å². The normalized spacial score (nSPS) is 10.3. The first kappa shape index (κ1) is 12.7. The van der Waals surface area contributed by atoms with E-state index in [9.17, 15) is 8.78 Å². The Labute approximate surface area is 94.5 Å². The van der Waals surface area contributed by atoms with E-state index in [0.29, 0.717) is 13.1 Å². The Morgan fingerprint density at radius 2 is 2.00 bits per heavy atom. The van der Waals surface area contributed by atoms with Gasteiger partial charge in [-0.25, -0.2) is 13.8 Å². The van der Waals surface area contributed by atoms with Crippen molar-refractivity contribution >= 4 is 11.6 Å². The molecule has 1 heterocycles. The van der Waals surface area contributed by atoms with Crippen LogP contribution in [-0.4, -0.2) is 25.1 Å². The zero-order valence-electron chi connectivity index (χ0n) is 9.85. The Bertz CT molecular complexity index is 355. The molecule has 3 nitrogen and oxygen atoms in total. The van der Waals surface area contributed by atoms with Crippen LogP contribution in [0.15, 0.2) is 6.07 Å². The first-order valence-corrected chi connectivity index (χ1v) is 5.41. The zero-order valence-corrected chi connectivity index (χ0v) is 9.85. The van der Waals surface area contributed by atoms with E-state index in [-0.39, 0.29) is 11.6 Å². The van der Waals surface area contributed by atoms with Crippen LogP contribution < -0.4 is 10.2 Å². The minimum absolute atomic E-state index is 0.0989. The van der Waals surface area contributed by atoms with Gasteiger partial charge in [0.25, 0.3) is 0 Å². The number of hydrogen-bond donors (Lipinski definition) is 1. The number of pyridine rings is 1. The summed E-state index contributed by atoms with van der Waals surface area (Å²) in [4.78, 5) is 5.62. The van der Waals surface area contributed by atoms with Crippen LogP contribution in [0.5, 0.6) is 0 Å². The van der Waals surface area contributed by atoms with Crippen LogP contribution in [-0.2, 0) is 0 Å². The molecule has 0 aliphatic heterocycles. The lowest BCUT2D eigenvalue weighted by Gasteiger charge is -2.18. The molecule has 90 valence electrons. The Kier molecular flexibility index (Phi) is 4.46. The topological polar surface area (TPSA) is 28.2 Å². The van der Waals surface area contributed by atoms with E-state index in [1.54, 1.807) is 11.9 Å². The van der Waals surface area contributed by atoms with E-state index in [1.165, 1.54) is 0 Å². The number of nitrogens with zero attached hydrogens (tertiary/aromatic N) is 2. The third-order valence-corrected chi connectivity index (χ3v) is 2.18. The SMILES string of the molecule is CCCN(C)c1nc(NCC)c(F)cc1F. The van der Waals surface area contributed by atoms with E-state index in [0.717, 1.165) is 12.5 Å². The molecule has 0 radical (unpaired) electrons. The summed E-state index contributed by atoms with van der Waals surface area (Å²) < 4.78 is 26.8. The van der Waals surface area contributed by atoms with Gasteiger partial charge < -0.3 is 10.2 Å². The number of rotatable bonds is 5. The summed E-state index contributed by atoms with van der Waals surface area (Å²) in [5.74, 6) is -1.01. The summed E-state index contributed by atoms with van der Waals surface area (Å²) in [7, 11) is 1.74. The minimum atomic E-state index is -0.659. The van der Waals surface area contributed by atoms with Gasteiger partial charge in [-0.05, 0) is 13.3 Å². The third-order valence-electron chi connectivity index (χ3n) is 2.18. The monoisotopic (exact) mass is 229 g/mol. The maximum absolute atomic E-state index is 13.5. The second kappa shape index (κ2) is 5.63. The van der Waals surface area contributed by atoms with E-state index < -0.39 is 11.6 Å². The van der Waals surface area contributed by atoms with Gasteiger partial charge in [-0.2, -0.15) is 0 Å². The second-order valence-electron chi connectivity index (χ2n) is 3.58. The van der Waals surface area contributed by atoms with Crippen molar-refractivity contribution in [3.05, 3.63) is 17.7 Å². The summed E-state index contributed by atoms with van der Waals surface area (Å²) in [6.07, 6.45) is 0.880. The van der Waals surface area contributed by atoms with E-state index in [1.807, 2.05) is 13.8 Å². The predicted octanol–water partition coefficient (Wildman–Crippen LogP) is 2.64. The summed E-state index contributed by atoms with van der Waals surface area (Å²) in [6.45, 7) is 5.05. The Morgan fingerprint density at radius 3 is 2.56 bits per heavy atom. The van der Waals surface area contributed by atoms with Crippen molar-refractivity contribution in [1.82, 2.24) is 4.98 Å². The molecule has 0 unspecified atom stereocenters. The Morgan fingerprint density at radius 1 is 1.31 bits per heavy atom. The van der Waals surface area contributed by atoms with Crippen molar-refractivity contribution < 1.29 is 8.78 Å². The van der Waals surface area contributed by atoms with E-state index in [4.69, 9.17) is 0 Å². The Hall–Kier alpha value is -1.39. The summed E-state index contributed by atoms with van der Waals surface area (Å²) in [5, 5.41) is 2.76. The lowest BCUT2D eigenvalue weighted by Crippen LogP contribution is -2.21. The quantitative estimate of drug-likeness (QED) is 0.841.